The van der Waals surface area contributed by atoms with E-state index in [9.17, 15) is 33.9 Å². The second kappa shape index (κ2) is 38.1. The Hall–Kier alpha value is -3.14. The quantitative estimate of drug-likeness (QED) is 0.0588. The van der Waals surface area contributed by atoms with Gasteiger partial charge in [-0.2, -0.15) is 0 Å². The Morgan fingerprint density at radius 1 is 0.549 bits per heavy atom. The number of unbranched alkanes of at least 4 members (excludes halogenated alkanes) is 11. The lowest BCUT2D eigenvalue weighted by atomic mass is 10.0. The number of Topliss-reactive ketones (excluding diaryl/α,β-unsaturated/α-hetero) is 1. The zero-order chi connectivity index (χ0) is 38.4. The van der Waals surface area contributed by atoms with Gasteiger partial charge in [-0.05, 0) is 33.1 Å². The van der Waals surface area contributed by atoms with Gasteiger partial charge in [-0.25, -0.2) is 4.79 Å². The maximum atomic E-state index is 12.1. The van der Waals surface area contributed by atoms with Gasteiger partial charge in [-0.3, -0.25) is 24.0 Å². The fourth-order valence-electron chi connectivity index (χ4n) is 4.58. The second-order valence-electron chi connectivity index (χ2n) is 12.1. The molecule has 0 aliphatic carbocycles. The highest BCUT2D eigenvalue weighted by Gasteiger charge is 2.20. The first-order chi connectivity index (χ1) is 24.5. The summed E-state index contributed by atoms with van der Waals surface area (Å²) >= 11 is 0. The molecule has 0 bridgehead atoms. The van der Waals surface area contributed by atoms with E-state index in [4.69, 9.17) is 24.1 Å². The number of nitrogens with one attached hydrogen (secondary N) is 3. The molecule has 15 heteroatoms. The third-order valence-corrected chi connectivity index (χ3v) is 7.28. The molecular formula is C36H67N3O12. The van der Waals surface area contributed by atoms with Crippen molar-refractivity contribution >= 4 is 35.4 Å². The summed E-state index contributed by atoms with van der Waals surface area (Å²) in [6.07, 6.45) is 13.3. The van der Waals surface area contributed by atoms with Gasteiger partial charge < -0.3 is 45.1 Å². The molecular weight excluding hydrogens is 666 g/mol. The van der Waals surface area contributed by atoms with Gasteiger partial charge in [0.1, 0.15) is 12.6 Å². The van der Waals surface area contributed by atoms with E-state index >= 15 is 0 Å². The Balaban J connectivity index is 0. The predicted octanol–water partition coefficient (Wildman–Crippen LogP) is 3.80. The van der Waals surface area contributed by atoms with Crippen LogP contribution < -0.4 is 16.0 Å². The summed E-state index contributed by atoms with van der Waals surface area (Å²) in [5.41, 5.74) is 0. The van der Waals surface area contributed by atoms with Crippen LogP contribution in [-0.4, -0.2) is 118 Å². The minimum atomic E-state index is -1.14. The molecule has 0 aromatic rings. The van der Waals surface area contributed by atoms with Gasteiger partial charge in [0.15, 0.2) is 5.78 Å². The summed E-state index contributed by atoms with van der Waals surface area (Å²) in [5.74, 6) is -2.48. The average molecular weight is 734 g/mol. The second-order valence-corrected chi connectivity index (χ2v) is 12.1. The van der Waals surface area contributed by atoms with Crippen molar-refractivity contribution in [1.82, 2.24) is 16.0 Å². The van der Waals surface area contributed by atoms with Crippen molar-refractivity contribution in [2.24, 2.45) is 0 Å². The van der Waals surface area contributed by atoms with Crippen LogP contribution in [0.15, 0.2) is 0 Å². The van der Waals surface area contributed by atoms with Gasteiger partial charge in [-0.15, -0.1) is 0 Å². The van der Waals surface area contributed by atoms with Crippen LogP contribution in [0.4, 0.5) is 0 Å². The first kappa shape index (κ1) is 50.0. The predicted molar refractivity (Wildman–Crippen MR) is 192 cm³/mol. The molecule has 0 saturated heterocycles. The lowest BCUT2D eigenvalue weighted by molar-refractivity contribution is -0.142. The number of ether oxygens (including phenoxy) is 4. The Morgan fingerprint density at radius 2 is 1.02 bits per heavy atom. The fraction of sp³-hybridized carbons (Fsp3) is 0.833. The van der Waals surface area contributed by atoms with E-state index in [0.29, 0.717) is 59.3 Å². The fourth-order valence-corrected chi connectivity index (χ4v) is 4.58. The molecule has 0 spiro atoms. The van der Waals surface area contributed by atoms with Gasteiger partial charge >= 0.3 is 11.9 Å². The molecule has 298 valence electrons. The standard InChI is InChI=1S/C27H50N2O8.C9H17NO4/c1-2-36-21-22-37-20-19-28-24(30)18-17-23(27(34)35)29-25(31)15-13-11-9-7-5-3-4-6-8-10-12-14-16-26(32)33;1-8(11)7-14-6-5-13-4-3-10-9(2)12/h23H,2-22H2,1H3,(H,28,30)(H,29,31)(H,32,33)(H,34,35);3-7H2,1-2H3,(H,10,12)/t23-;/m0./s1. The molecule has 0 heterocycles. The van der Waals surface area contributed by atoms with E-state index in [1.807, 2.05) is 6.92 Å². The lowest BCUT2D eigenvalue weighted by Crippen LogP contribution is -2.41. The molecule has 0 fully saturated rings. The molecule has 1 atom stereocenters. The number of aliphatic carboxylic acids is 2. The SMILES string of the molecule is CC(=O)COCCOCCNC(C)=O.CCOCCOCCNC(=O)CC[C@H](NC(=O)CCCCCCCCCCCCCCC(=O)O)C(=O)O. The van der Waals surface area contributed by atoms with Crippen molar-refractivity contribution in [2.75, 3.05) is 65.9 Å². The zero-order valence-corrected chi connectivity index (χ0v) is 31.4. The van der Waals surface area contributed by atoms with Gasteiger partial charge in [0, 0.05) is 45.9 Å². The minimum absolute atomic E-state index is 0.00301. The maximum Gasteiger partial charge on any atom is 0.326 e. The molecule has 0 radical (unpaired) electrons. The van der Waals surface area contributed by atoms with Crippen LogP contribution >= 0.6 is 0 Å². The van der Waals surface area contributed by atoms with E-state index < -0.39 is 18.0 Å². The van der Waals surface area contributed by atoms with Gasteiger partial charge in [0.05, 0.1) is 39.6 Å². The number of carbonyl (C=O) groups is 6. The number of rotatable bonds is 35. The number of carbonyl (C=O) groups excluding carboxylic acids is 4. The molecule has 0 rings (SSSR count). The Labute approximate surface area is 304 Å². The minimum Gasteiger partial charge on any atom is -0.481 e. The molecule has 5 N–H and O–H groups in total. The summed E-state index contributed by atoms with van der Waals surface area (Å²) in [7, 11) is 0. The van der Waals surface area contributed by atoms with E-state index in [1.54, 1.807) is 0 Å². The monoisotopic (exact) mass is 733 g/mol. The maximum absolute atomic E-state index is 12.1. The Kier molecular flexibility index (Phi) is 37.3. The first-order valence-corrected chi connectivity index (χ1v) is 18.5. The molecule has 0 aromatic heterocycles. The van der Waals surface area contributed by atoms with Crippen LogP contribution in [-0.2, 0) is 47.7 Å². The summed E-state index contributed by atoms with van der Waals surface area (Å²) in [4.78, 5) is 66.8. The van der Waals surface area contributed by atoms with Crippen molar-refractivity contribution in [1.29, 1.82) is 0 Å². The number of carboxylic acid groups (broad SMARTS) is 2. The van der Waals surface area contributed by atoms with Crippen LogP contribution in [0.5, 0.6) is 0 Å². The highest BCUT2D eigenvalue weighted by molar-refractivity contribution is 5.84. The lowest BCUT2D eigenvalue weighted by Gasteiger charge is -2.14. The zero-order valence-electron chi connectivity index (χ0n) is 31.4. The van der Waals surface area contributed by atoms with Crippen molar-refractivity contribution in [3.05, 3.63) is 0 Å². The van der Waals surface area contributed by atoms with E-state index in [-0.39, 0.29) is 55.8 Å². The normalized spacial score (nSPS) is 11.2. The highest BCUT2D eigenvalue weighted by Crippen LogP contribution is 2.13. The molecule has 51 heavy (non-hydrogen) atoms. The molecule has 15 nitrogen and oxygen atoms in total. The first-order valence-electron chi connectivity index (χ1n) is 18.5. The average Bonchev–Trinajstić information content (AvgIpc) is 3.07. The summed E-state index contributed by atoms with van der Waals surface area (Å²) in [6, 6.07) is -1.07. The van der Waals surface area contributed by atoms with Crippen LogP contribution in [0.3, 0.4) is 0 Å². The van der Waals surface area contributed by atoms with Crippen molar-refractivity contribution in [2.45, 2.75) is 130 Å². The molecule has 0 unspecified atom stereocenters. The molecule has 0 aromatic carbocycles. The number of hydrogen-bond acceptors (Lipinski definition) is 10. The van der Waals surface area contributed by atoms with Gasteiger partial charge in [-0.1, -0.05) is 64.2 Å². The van der Waals surface area contributed by atoms with E-state index in [1.165, 1.54) is 46.0 Å². The van der Waals surface area contributed by atoms with Crippen molar-refractivity contribution < 1.29 is 57.9 Å². The number of ketones is 1. The topological polar surface area (TPSA) is 216 Å². The smallest absolute Gasteiger partial charge is 0.326 e. The largest absolute Gasteiger partial charge is 0.481 e. The number of carboxylic acids is 2. The molecule has 3 amide bonds. The molecule has 0 aliphatic rings. The van der Waals surface area contributed by atoms with Gasteiger partial charge in [0.25, 0.3) is 0 Å². The van der Waals surface area contributed by atoms with E-state index in [2.05, 4.69) is 16.0 Å². The third-order valence-electron chi connectivity index (χ3n) is 7.28. The van der Waals surface area contributed by atoms with Crippen LogP contribution in [0, 0.1) is 0 Å². The summed E-state index contributed by atoms with van der Waals surface area (Å²) in [6.45, 7) is 9.05. The van der Waals surface area contributed by atoms with E-state index in [0.717, 1.165) is 44.9 Å². The highest BCUT2D eigenvalue weighted by atomic mass is 16.5. The molecule has 0 saturated carbocycles. The molecule has 0 aliphatic heterocycles. The summed E-state index contributed by atoms with van der Waals surface area (Å²) < 4.78 is 20.5. The third kappa shape index (κ3) is 42.9. The Morgan fingerprint density at radius 3 is 1.49 bits per heavy atom. The Bertz CT molecular complexity index is 900. The van der Waals surface area contributed by atoms with Crippen LogP contribution in [0.2, 0.25) is 0 Å². The van der Waals surface area contributed by atoms with Crippen LogP contribution in [0.25, 0.3) is 0 Å². The number of amides is 3. The van der Waals surface area contributed by atoms with Crippen molar-refractivity contribution in [3.8, 4) is 0 Å². The van der Waals surface area contributed by atoms with Gasteiger partial charge in [0.2, 0.25) is 17.7 Å². The van der Waals surface area contributed by atoms with Crippen LogP contribution in [0.1, 0.15) is 124 Å². The summed E-state index contributed by atoms with van der Waals surface area (Å²) in [5, 5.41) is 25.8. The number of hydrogen-bond donors (Lipinski definition) is 5. The van der Waals surface area contributed by atoms with Crippen molar-refractivity contribution in [3.63, 3.8) is 0 Å².